The van der Waals surface area contributed by atoms with E-state index in [1.807, 2.05) is 0 Å². The van der Waals surface area contributed by atoms with Crippen LogP contribution in [-0.2, 0) is 4.79 Å². The average Bonchev–Trinajstić information content (AvgIpc) is 2.41. The minimum atomic E-state index is -0.788. The first-order valence-corrected chi connectivity index (χ1v) is 7.31. The van der Waals surface area contributed by atoms with Crippen LogP contribution in [0.1, 0.15) is 52.4 Å². The fraction of sp³-hybridized carbons (Fsp3) is 0.562. The van der Waals surface area contributed by atoms with Gasteiger partial charge in [0.15, 0.2) is 0 Å². The summed E-state index contributed by atoms with van der Waals surface area (Å²) >= 11 is 0. The SMILES string of the molecule is CCCCCCCC(C)(Nc1ccc(F)cc1)C(N)=O. The van der Waals surface area contributed by atoms with Gasteiger partial charge in [-0.25, -0.2) is 4.39 Å². The number of hydrogen-bond acceptors (Lipinski definition) is 2. The Balaban J connectivity index is 2.57. The zero-order valence-corrected chi connectivity index (χ0v) is 12.4. The lowest BCUT2D eigenvalue weighted by molar-refractivity contribution is -0.122. The number of anilines is 1. The standard InChI is InChI=1S/C16H25FN2O/c1-3-4-5-6-7-12-16(2,15(18)20)19-14-10-8-13(17)9-11-14/h8-11,19H,3-7,12H2,1-2H3,(H2,18,20). The van der Waals surface area contributed by atoms with Gasteiger partial charge in [0, 0.05) is 5.69 Å². The zero-order valence-electron chi connectivity index (χ0n) is 12.4. The summed E-state index contributed by atoms with van der Waals surface area (Å²) in [5.41, 5.74) is 5.44. The van der Waals surface area contributed by atoms with Crippen LogP contribution in [0.5, 0.6) is 0 Å². The Kier molecular flexibility index (Phi) is 6.49. The summed E-state index contributed by atoms with van der Waals surface area (Å²) in [5.74, 6) is -0.673. The lowest BCUT2D eigenvalue weighted by atomic mass is 9.92. The molecule has 1 amide bonds. The Hall–Kier alpha value is -1.58. The molecule has 4 heteroatoms. The molecule has 0 saturated carbocycles. The van der Waals surface area contributed by atoms with E-state index in [9.17, 15) is 9.18 Å². The number of amides is 1. The molecule has 0 radical (unpaired) electrons. The molecule has 0 saturated heterocycles. The van der Waals surface area contributed by atoms with E-state index in [1.165, 1.54) is 31.4 Å². The van der Waals surface area contributed by atoms with Crippen LogP contribution in [0.3, 0.4) is 0 Å². The molecule has 1 aromatic rings. The van der Waals surface area contributed by atoms with Crippen molar-refractivity contribution < 1.29 is 9.18 Å². The first kappa shape index (κ1) is 16.5. The van der Waals surface area contributed by atoms with Crippen LogP contribution in [0, 0.1) is 5.82 Å². The molecule has 3 nitrogen and oxygen atoms in total. The normalized spacial score (nSPS) is 13.8. The lowest BCUT2D eigenvalue weighted by Gasteiger charge is -2.28. The number of benzene rings is 1. The van der Waals surface area contributed by atoms with Gasteiger partial charge in [-0.05, 0) is 37.6 Å². The molecule has 0 fully saturated rings. The molecule has 1 rings (SSSR count). The van der Waals surface area contributed by atoms with Gasteiger partial charge in [-0.2, -0.15) is 0 Å². The molecule has 112 valence electrons. The van der Waals surface area contributed by atoms with Crippen molar-refractivity contribution in [3.05, 3.63) is 30.1 Å². The number of carbonyl (C=O) groups excluding carboxylic acids is 1. The molecule has 1 atom stereocenters. The van der Waals surface area contributed by atoms with Gasteiger partial charge in [-0.15, -0.1) is 0 Å². The van der Waals surface area contributed by atoms with E-state index >= 15 is 0 Å². The lowest BCUT2D eigenvalue weighted by Crippen LogP contribution is -2.47. The Morgan fingerprint density at radius 2 is 1.80 bits per heavy atom. The molecule has 1 aromatic carbocycles. The fourth-order valence-electron chi connectivity index (χ4n) is 2.18. The van der Waals surface area contributed by atoms with Crippen molar-refractivity contribution in [2.24, 2.45) is 5.73 Å². The van der Waals surface area contributed by atoms with Gasteiger partial charge in [0.25, 0.3) is 0 Å². The molecule has 3 N–H and O–H groups in total. The predicted molar refractivity (Wildman–Crippen MR) is 81.0 cm³/mol. The van der Waals surface area contributed by atoms with E-state index in [1.54, 1.807) is 19.1 Å². The largest absolute Gasteiger partial charge is 0.371 e. The molecule has 0 aliphatic rings. The predicted octanol–water partition coefficient (Wildman–Crippen LogP) is 3.84. The van der Waals surface area contributed by atoms with E-state index in [-0.39, 0.29) is 11.7 Å². The third kappa shape index (κ3) is 5.19. The number of nitrogens with one attached hydrogen (secondary N) is 1. The van der Waals surface area contributed by atoms with Gasteiger partial charge < -0.3 is 11.1 Å². The van der Waals surface area contributed by atoms with Crippen LogP contribution < -0.4 is 11.1 Å². The molecule has 0 aromatic heterocycles. The van der Waals surface area contributed by atoms with Crippen molar-refractivity contribution in [3.63, 3.8) is 0 Å². The summed E-state index contributed by atoms with van der Waals surface area (Å²) in [6.45, 7) is 3.97. The topological polar surface area (TPSA) is 55.1 Å². The van der Waals surface area contributed by atoms with Crippen molar-refractivity contribution in [2.45, 2.75) is 57.9 Å². The van der Waals surface area contributed by atoms with Gasteiger partial charge in [-0.1, -0.05) is 39.0 Å². The Morgan fingerprint density at radius 3 is 2.35 bits per heavy atom. The molecule has 0 aliphatic carbocycles. The number of primary amides is 1. The highest BCUT2D eigenvalue weighted by atomic mass is 19.1. The molecule has 0 spiro atoms. The van der Waals surface area contributed by atoms with Crippen LogP contribution in [0.15, 0.2) is 24.3 Å². The van der Waals surface area contributed by atoms with Gasteiger partial charge >= 0.3 is 0 Å². The first-order chi connectivity index (χ1) is 9.48. The highest BCUT2D eigenvalue weighted by Crippen LogP contribution is 2.22. The first-order valence-electron chi connectivity index (χ1n) is 7.31. The van der Waals surface area contributed by atoms with E-state index in [4.69, 9.17) is 5.73 Å². The van der Waals surface area contributed by atoms with Crippen molar-refractivity contribution in [3.8, 4) is 0 Å². The van der Waals surface area contributed by atoms with Crippen LogP contribution in [0.2, 0.25) is 0 Å². The molecular formula is C16H25FN2O. The molecule has 20 heavy (non-hydrogen) atoms. The summed E-state index contributed by atoms with van der Waals surface area (Å²) in [6.07, 6.45) is 6.33. The summed E-state index contributed by atoms with van der Waals surface area (Å²) < 4.78 is 12.9. The van der Waals surface area contributed by atoms with Gasteiger partial charge in [-0.3, -0.25) is 4.79 Å². The van der Waals surface area contributed by atoms with E-state index < -0.39 is 5.54 Å². The summed E-state index contributed by atoms with van der Waals surface area (Å²) in [5, 5.41) is 3.13. The Morgan fingerprint density at radius 1 is 1.20 bits per heavy atom. The molecule has 0 aliphatic heterocycles. The van der Waals surface area contributed by atoms with E-state index in [0.29, 0.717) is 12.1 Å². The fourth-order valence-corrected chi connectivity index (χ4v) is 2.18. The second-order valence-corrected chi connectivity index (χ2v) is 5.49. The molecule has 0 bridgehead atoms. The van der Waals surface area contributed by atoms with Crippen molar-refractivity contribution in [1.82, 2.24) is 0 Å². The summed E-state index contributed by atoms with van der Waals surface area (Å²) in [7, 11) is 0. The third-order valence-electron chi connectivity index (χ3n) is 3.59. The second kappa shape index (κ2) is 7.88. The van der Waals surface area contributed by atoms with Crippen LogP contribution >= 0.6 is 0 Å². The van der Waals surface area contributed by atoms with Crippen LogP contribution in [0.4, 0.5) is 10.1 Å². The average molecular weight is 280 g/mol. The summed E-state index contributed by atoms with van der Waals surface area (Å²) in [4.78, 5) is 11.7. The smallest absolute Gasteiger partial charge is 0.242 e. The third-order valence-corrected chi connectivity index (χ3v) is 3.59. The van der Waals surface area contributed by atoms with Gasteiger partial charge in [0.1, 0.15) is 11.4 Å². The second-order valence-electron chi connectivity index (χ2n) is 5.49. The number of rotatable bonds is 9. The van der Waals surface area contributed by atoms with Gasteiger partial charge in [0.2, 0.25) is 5.91 Å². The number of nitrogens with two attached hydrogens (primary N) is 1. The highest BCUT2D eigenvalue weighted by molar-refractivity contribution is 5.87. The maximum absolute atomic E-state index is 12.9. The number of halogens is 1. The van der Waals surface area contributed by atoms with Crippen LogP contribution in [-0.4, -0.2) is 11.4 Å². The zero-order chi connectivity index (χ0) is 15.0. The number of hydrogen-bond donors (Lipinski definition) is 2. The Labute approximate surface area is 120 Å². The van der Waals surface area contributed by atoms with Gasteiger partial charge in [0.05, 0.1) is 0 Å². The van der Waals surface area contributed by atoms with E-state index in [2.05, 4.69) is 12.2 Å². The number of unbranched alkanes of at least 4 members (excludes halogenated alkanes) is 4. The maximum atomic E-state index is 12.9. The quantitative estimate of drug-likeness (QED) is 0.675. The van der Waals surface area contributed by atoms with Crippen molar-refractivity contribution >= 4 is 11.6 Å². The monoisotopic (exact) mass is 280 g/mol. The Bertz CT molecular complexity index is 419. The van der Waals surface area contributed by atoms with Crippen LogP contribution in [0.25, 0.3) is 0 Å². The highest BCUT2D eigenvalue weighted by Gasteiger charge is 2.30. The van der Waals surface area contributed by atoms with Crippen molar-refractivity contribution in [2.75, 3.05) is 5.32 Å². The van der Waals surface area contributed by atoms with E-state index in [0.717, 1.165) is 12.8 Å². The molecule has 0 heterocycles. The minimum Gasteiger partial charge on any atom is -0.371 e. The van der Waals surface area contributed by atoms with Crippen molar-refractivity contribution in [1.29, 1.82) is 0 Å². The maximum Gasteiger partial charge on any atom is 0.242 e. The minimum absolute atomic E-state index is 0.295. The number of carbonyl (C=O) groups is 1. The molecular weight excluding hydrogens is 255 g/mol. The summed E-state index contributed by atoms with van der Waals surface area (Å²) in [6, 6.07) is 5.97. The molecule has 1 unspecified atom stereocenters.